The molecule has 0 aromatic carbocycles. The molecule has 1 aliphatic heterocycles. The van der Waals surface area contributed by atoms with Gasteiger partial charge in [-0.3, -0.25) is 0 Å². The van der Waals surface area contributed by atoms with Gasteiger partial charge in [0.1, 0.15) is 5.01 Å². The van der Waals surface area contributed by atoms with Gasteiger partial charge in [-0.25, -0.2) is 4.98 Å². The van der Waals surface area contributed by atoms with Crippen LogP contribution in [0.25, 0.3) is 0 Å². The van der Waals surface area contributed by atoms with Crippen LogP contribution >= 0.6 is 11.3 Å². The van der Waals surface area contributed by atoms with Gasteiger partial charge < -0.3 is 10.6 Å². The lowest BCUT2D eigenvalue weighted by atomic mass is 10.0. The normalized spacial score (nSPS) is 26.0. The van der Waals surface area contributed by atoms with Gasteiger partial charge in [0.05, 0.1) is 0 Å². The van der Waals surface area contributed by atoms with E-state index in [0.717, 1.165) is 19.6 Å². The molecule has 3 nitrogen and oxygen atoms in total. The third kappa shape index (κ3) is 3.00. The van der Waals surface area contributed by atoms with E-state index in [-0.39, 0.29) is 0 Å². The van der Waals surface area contributed by atoms with Crippen molar-refractivity contribution in [1.29, 1.82) is 0 Å². The Kier molecular flexibility index (Phi) is 3.38. The first kappa shape index (κ1) is 11.0. The van der Waals surface area contributed by atoms with E-state index in [0.29, 0.717) is 5.54 Å². The Morgan fingerprint density at radius 2 is 2.53 bits per heavy atom. The zero-order valence-electron chi connectivity index (χ0n) is 9.47. The molecule has 0 saturated carbocycles. The molecule has 2 N–H and O–H groups in total. The van der Waals surface area contributed by atoms with Crippen LogP contribution in [0.15, 0.2) is 6.20 Å². The number of thiazole rings is 1. The molecule has 1 unspecified atom stereocenters. The average Bonchev–Trinajstić information content (AvgIpc) is 2.76. The van der Waals surface area contributed by atoms with Gasteiger partial charge in [-0.15, -0.1) is 11.3 Å². The largest absolute Gasteiger partial charge is 0.310 e. The Hall–Kier alpha value is -0.450. The van der Waals surface area contributed by atoms with E-state index >= 15 is 0 Å². The van der Waals surface area contributed by atoms with E-state index in [1.807, 2.05) is 6.20 Å². The number of hydrogen-bond donors (Lipinski definition) is 2. The minimum absolute atomic E-state index is 0.298. The molecular weight excluding hydrogens is 206 g/mol. The highest BCUT2D eigenvalue weighted by Crippen LogP contribution is 2.17. The first-order valence-corrected chi connectivity index (χ1v) is 6.37. The van der Waals surface area contributed by atoms with Crippen molar-refractivity contribution < 1.29 is 0 Å². The summed E-state index contributed by atoms with van der Waals surface area (Å²) >= 11 is 1.78. The van der Waals surface area contributed by atoms with Crippen LogP contribution in [-0.2, 0) is 6.54 Å². The molecule has 4 heteroatoms. The Morgan fingerprint density at radius 3 is 3.13 bits per heavy atom. The zero-order chi connectivity index (χ0) is 10.7. The number of aromatic nitrogens is 1. The van der Waals surface area contributed by atoms with Crippen LogP contribution in [0.3, 0.4) is 0 Å². The highest BCUT2D eigenvalue weighted by atomic mass is 32.1. The molecule has 1 aromatic heterocycles. The quantitative estimate of drug-likeness (QED) is 0.818. The highest BCUT2D eigenvalue weighted by molar-refractivity contribution is 7.11. The summed E-state index contributed by atoms with van der Waals surface area (Å²) in [6, 6.07) is 0. The van der Waals surface area contributed by atoms with Crippen LogP contribution in [-0.4, -0.2) is 23.6 Å². The lowest BCUT2D eigenvalue weighted by Gasteiger charge is -2.24. The number of rotatable bonds is 4. The summed E-state index contributed by atoms with van der Waals surface area (Å²) < 4.78 is 0. The molecule has 1 aliphatic rings. The van der Waals surface area contributed by atoms with Crippen LogP contribution < -0.4 is 10.6 Å². The average molecular weight is 225 g/mol. The van der Waals surface area contributed by atoms with Gasteiger partial charge in [0.2, 0.25) is 0 Å². The molecule has 1 saturated heterocycles. The second-order valence-electron chi connectivity index (χ2n) is 4.56. The van der Waals surface area contributed by atoms with Crippen LogP contribution in [0.4, 0.5) is 0 Å². The van der Waals surface area contributed by atoms with Crippen LogP contribution in [0, 0.1) is 6.92 Å². The summed E-state index contributed by atoms with van der Waals surface area (Å²) in [4.78, 5) is 5.63. The zero-order valence-corrected chi connectivity index (χ0v) is 10.3. The van der Waals surface area contributed by atoms with E-state index in [1.165, 1.54) is 22.7 Å². The molecular formula is C11H19N3S. The monoisotopic (exact) mass is 225 g/mol. The van der Waals surface area contributed by atoms with Gasteiger partial charge in [0.15, 0.2) is 0 Å². The molecule has 84 valence electrons. The smallest absolute Gasteiger partial charge is 0.107 e. The molecule has 1 atom stereocenters. The summed E-state index contributed by atoms with van der Waals surface area (Å²) in [7, 11) is 0. The Labute approximate surface area is 95.3 Å². The maximum Gasteiger partial charge on any atom is 0.107 e. The summed E-state index contributed by atoms with van der Waals surface area (Å²) in [5, 5.41) is 8.22. The first-order chi connectivity index (χ1) is 7.18. The SMILES string of the molecule is Cc1cnc(CNCC2(C)CCCN2)s1. The van der Waals surface area contributed by atoms with E-state index in [4.69, 9.17) is 0 Å². The lowest BCUT2D eigenvalue weighted by molar-refractivity contribution is 0.385. The van der Waals surface area contributed by atoms with Gasteiger partial charge in [-0.05, 0) is 33.2 Å². The Morgan fingerprint density at radius 1 is 1.67 bits per heavy atom. The van der Waals surface area contributed by atoms with Crippen LogP contribution in [0.1, 0.15) is 29.7 Å². The fraction of sp³-hybridized carbons (Fsp3) is 0.727. The van der Waals surface area contributed by atoms with Crippen molar-refractivity contribution in [2.24, 2.45) is 0 Å². The van der Waals surface area contributed by atoms with E-state index < -0.39 is 0 Å². The second kappa shape index (κ2) is 4.60. The molecule has 2 rings (SSSR count). The summed E-state index contributed by atoms with van der Waals surface area (Å²) in [6.07, 6.45) is 4.52. The van der Waals surface area contributed by atoms with Gasteiger partial charge in [0.25, 0.3) is 0 Å². The minimum atomic E-state index is 0.298. The number of nitrogens with one attached hydrogen (secondary N) is 2. The topological polar surface area (TPSA) is 37.0 Å². The van der Waals surface area contributed by atoms with Crippen molar-refractivity contribution in [3.05, 3.63) is 16.1 Å². The minimum Gasteiger partial charge on any atom is -0.310 e. The third-order valence-electron chi connectivity index (χ3n) is 2.92. The van der Waals surface area contributed by atoms with E-state index in [9.17, 15) is 0 Å². The van der Waals surface area contributed by atoms with Gasteiger partial charge >= 0.3 is 0 Å². The molecule has 15 heavy (non-hydrogen) atoms. The maximum atomic E-state index is 4.34. The van der Waals surface area contributed by atoms with E-state index in [2.05, 4.69) is 29.5 Å². The predicted molar refractivity (Wildman–Crippen MR) is 64.2 cm³/mol. The summed E-state index contributed by atoms with van der Waals surface area (Å²) in [5.41, 5.74) is 0.298. The standard InChI is InChI=1S/C11H19N3S/c1-9-6-13-10(15-9)7-12-8-11(2)4-3-5-14-11/h6,12,14H,3-5,7-8H2,1-2H3. The maximum absolute atomic E-state index is 4.34. The van der Waals surface area contributed by atoms with Gasteiger partial charge in [-0.1, -0.05) is 0 Å². The molecule has 0 radical (unpaired) electrons. The van der Waals surface area contributed by atoms with Crippen molar-refractivity contribution in [2.45, 2.75) is 38.8 Å². The third-order valence-corrected chi connectivity index (χ3v) is 3.83. The lowest BCUT2D eigenvalue weighted by Crippen LogP contribution is -2.45. The second-order valence-corrected chi connectivity index (χ2v) is 5.88. The fourth-order valence-corrected chi connectivity index (χ4v) is 2.79. The van der Waals surface area contributed by atoms with Crippen molar-refractivity contribution >= 4 is 11.3 Å². The number of hydrogen-bond acceptors (Lipinski definition) is 4. The molecule has 0 aliphatic carbocycles. The van der Waals surface area contributed by atoms with E-state index in [1.54, 1.807) is 11.3 Å². The fourth-order valence-electron chi connectivity index (χ4n) is 2.04. The molecule has 0 spiro atoms. The Bertz CT molecular complexity index is 315. The first-order valence-electron chi connectivity index (χ1n) is 5.55. The van der Waals surface area contributed by atoms with Crippen molar-refractivity contribution in [3.63, 3.8) is 0 Å². The molecule has 1 aromatic rings. The van der Waals surface area contributed by atoms with Crippen LogP contribution in [0.2, 0.25) is 0 Å². The molecule has 0 amide bonds. The molecule has 2 heterocycles. The Balaban J connectivity index is 1.75. The highest BCUT2D eigenvalue weighted by Gasteiger charge is 2.27. The number of nitrogens with zero attached hydrogens (tertiary/aromatic N) is 1. The van der Waals surface area contributed by atoms with Crippen LogP contribution in [0.5, 0.6) is 0 Å². The molecule has 0 bridgehead atoms. The molecule has 1 fully saturated rings. The van der Waals surface area contributed by atoms with Gasteiger partial charge in [-0.2, -0.15) is 0 Å². The summed E-state index contributed by atoms with van der Waals surface area (Å²) in [5.74, 6) is 0. The van der Waals surface area contributed by atoms with Crippen molar-refractivity contribution in [3.8, 4) is 0 Å². The number of aryl methyl sites for hydroxylation is 1. The predicted octanol–water partition coefficient (Wildman–Crippen LogP) is 1.68. The summed E-state index contributed by atoms with van der Waals surface area (Å²) in [6.45, 7) is 7.48. The van der Waals surface area contributed by atoms with Gasteiger partial charge in [0, 0.05) is 29.7 Å². The van der Waals surface area contributed by atoms with Crippen molar-refractivity contribution in [1.82, 2.24) is 15.6 Å². The van der Waals surface area contributed by atoms with Crippen molar-refractivity contribution in [2.75, 3.05) is 13.1 Å².